The number of nitrogens with one attached hydrogen (secondary N) is 1. The third-order valence-corrected chi connectivity index (χ3v) is 3.29. The Morgan fingerprint density at radius 2 is 2.00 bits per heavy atom. The lowest BCUT2D eigenvalue weighted by molar-refractivity contribution is 0.151. The van der Waals surface area contributed by atoms with Gasteiger partial charge in [-0.1, -0.05) is 18.2 Å². The van der Waals surface area contributed by atoms with Gasteiger partial charge in [0.1, 0.15) is 5.82 Å². The molecule has 3 rings (SSSR count). The second kappa shape index (κ2) is 5.13. The topological polar surface area (TPSA) is 63.8 Å². The lowest BCUT2D eigenvalue weighted by Crippen LogP contribution is -2.10. The van der Waals surface area contributed by atoms with E-state index in [4.69, 9.17) is 5.84 Å². The van der Waals surface area contributed by atoms with Crippen LogP contribution in [0.25, 0.3) is 11.4 Å². The number of benzene rings is 1. The van der Waals surface area contributed by atoms with Gasteiger partial charge in [0.05, 0.1) is 0 Å². The van der Waals surface area contributed by atoms with E-state index in [-0.39, 0.29) is 5.56 Å². The molecule has 0 unspecified atom stereocenters. The number of rotatable bonds is 4. The Labute approximate surface area is 115 Å². The summed E-state index contributed by atoms with van der Waals surface area (Å²) in [7, 11) is 0. The number of hydrogen-bond donors (Lipinski definition) is 2. The van der Waals surface area contributed by atoms with E-state index in [0.717, 1.165) is 18.5 Å². The van der Waals surface area contributed by atoms with Gasteiger partial charge in [-0.25, -0.2) is 24.6 Å². The zero-order valence-corrected chi connectivity index (χ0v) is 10.7. The first-order chi connectivity index (χ1) is 9.67. The highest BCUT2D eigenvalue weighted by atomic mass is 19.3. The Kier molecular flexibility index (Phi) is 3.31. The fourth-order valence-electron chi connectivity index (χ4n) is 2.07. The molecule has 0 radical (unpaired) electrons. The first-order valence-corrected chi connectivity index (χ1v) is 6.41. The van der Waals surface area contributed by atoms with Crippen LogP contribution in [0.15, 0.2) is 30.3 Å². The van der Waals surface area contributed by atoms with Gasteiger partial charge in [0.2, 0.25) is 0 Å². The summed E-state index contributed by atoms with van der Waals surface area (Å²) in [5.41, 5.74) is 3.94. The van der Waals surface area contributed by atoms with Gasteiger partial charge in [-0.3, -0.25) is 0 Å². The highest BCUT2D eigenvalue weighted by Crippen LogP contribution is 2.40. The summed E-state index contributed by atoms with van der Waals surface area (Å²) in [6.07, 6.45) is -0.316. The van der Waals surface area contributed by atoms with Gasteiger partial charge in [-0.05, 0) is 18.9 Å². The Bertz CT molecular complexity index is 626. The van der Waals surface area contributed by atoms with Crippen molar-refractivity contribution < 1.29 is 8.78 Å². The minimum Gasteiger partial charge on any atom is -0.308 e. The normalized spacial score (nSPS) is 14.6. The van der Waals surface area contributed by atoms with Gasteiger partial charge in [-0.2, -0.15) is 0 Å². The van der Waals surface area contributed by atoms with Crippen molar-refractivity contribution >= 4 is 5.82 Å². The van der Waals surface area contributed by atoms with Crippen LogP contribution in [0.4, 0.5) is 14.6 Å². The van der Waals surface area contributed by atoms with Crippen molar-refractivity contribution in [2.75, 3.05) is 5.43 Å². The van der Waals surface area contributed by atoms with Gasteiger partial charge in [0, 0.05) is 28.8 Å². The number of halogens is 2. The molecule has 0 bridgehead atoms. The number of anilines is 1. The molecule has 3 N–H and O–H groups in total. The Hall–Kier alpha value is -2.08. The van der Waals surface area contributed by atoms with Gasteiger partial charge < -0.3 is 5.43 Å². The Balaban J connectivity index is 2.04. The minimum atomic E-state index is -2.51. The number of aromatic nitrogens is 2. The summed E-state index contributed by atoms with van der Waals surface area (Å²) in [4.78, 5) is 8.70. The summed E-state index contributed by atoms with van der Waals surface area (Å²) >= 11 is 0. The molecule has 1 aromatic carbocycles. The van der Waals surface area contributed by atoms with Crippen LogP contribution >= 0.6 is 0 Å². The van der Waals surface area contributed by atoms with E-state index in [2.05, 4.69) is 15.4 Å². The van der Waals surface area contributed by atoms with Crippen LogP contribution in [-0.2, 0) is 0 Å². The average molecular weight is 276 g/mol. The first-order valence-electron chi connectivity index (χ1n) is 6.41. The monoisotopic (exact) mass is 276 g/mol. The van der Waals surface area contributed by atoms with E-state index >= 15 is 0 Å². The molecule has 104 valence electrons. The molecule has 1 saturated carbocycles. The van der Waals surface area contributed by atoms with E-state index in [1.165, 1.54) is 12.1 Å². The third-order valence-electron chi connectivity index (χ3n) is 3.29. The Morgan fingerprint density at radius 3 is 2.65 bits per heavy atom. The molecule has 4 nitrogen and oxygen atoms in total. The minimum absolute atomic E-state index is 0.0369. The molecular formula is C14H14F2N4. The molecule has 1 aromatic heterocycles. The van der Waals surface area contributed by atoms with Gasteiger partial charge >= 0.3 is 0 Å². The molecule has 0 spiro atoms. The van der Waals surface area contributed by atoms with E-state index in [1.807, 2.05) is 0 Å². The Morgan fingerprint density at radius 1 is 1.20 bits per heavy atom. The second-order valence-electron chi connectivity index (χ2n) is 4.85. The van der Waals surface area contributed by atoms with Gasteiger partial charge in [0.15, 0.2) is 5.82 Å². The molecule has 0 amide bonds. The standard InChI is InChI=1S/C14H14F2N4/c15-13(16)9-2-1-3-10(6-9)14-18-11(8-4-5-8)7-12(19-14)20-17/h1-3,6-8,13H,4-5,17H2,(H,18,19,20). The lowest BCUT2D eigenvalue weighted by atomic mass is 10.1. The number of hydrazine groups is 1. The zero-order chi connectivity index (χ0) is 14.1. The summed E-state index contributed by atoms with van der Waals surface area (Å²) in [6, 6.07) is 7.91. The van der Waals surface area contributed by atoms with Crippen LogP contribution < -0.4 is 11.3 Å². The highest BCUT2D eigenvalue weighted by Gasteiger charge is 2.26. The summed E-state index contributed by atoms with van der Waals surface area (Å²) in [5, 5.41) is 0. The third kappa shape index (κ3) is 2.60. The predicted octanol–water partition coefficient (Wildman–Crippen LogP) is 3.24. The maximum Gasteiger partial charge on any atom is 0.263 e. The smallest absolute Gasteiger partial charge is 0.263 e. The SMILES string of the molecule is NNc1cc(C2CC2)nc(-c2cccc(C(F)F)c2)n1. The molecular weight excluding hydrogens is 262 g/mol. The summed E-state index contributed by atoms with van der Waals surface area (Å²) in [6.45, 7) is 0. The molecule has 0 aliphatic heterocycles. The van der Waals surface area contributed by atoms with Crippen molar-refractivity contribution in [3.05, 3.63) is 41.6 Å². The van der Waals surface area contributed by atoms with Crippen molar-refractivity contribution in [3.63, 3.8) is 0 Å². The second-order valence-corrected chi connectivity index (χ2v) is 4.85. The van der Waals surface area contributed by atoms with Crippen LogP contribution in [-0.4, -0.2) is 9.97 Å². The molecule has 20 heavy (non-hydrogen) atoms. The van der Waals surface area contributed by atoms with E-state index in [1.54, 1.807) is 18.2 Å². The number of alkyl halides is 2. The zero-order valence-electron chi connectivity index (χ0n) is 10.7. The van der Waals surface area contributed by atoms with Gasteiger partial charge in [0.25, 0.3) is 6.43 Å². The van der Waals surface area contributed by atoms with Crippen molar-refractivity contribution in [1.82, 2.24) is 9.97 Å². The van der Waals surface area contributed by atoms with E-state index in [0.29, 0.717) is 23.1 Å². The maximum atomic E-state index is 12.8. The maximum absolute atomic E-state index is 12.8. The van der Waals surface area contributed by atoms with Crippen LogP contribution in [0, 0.1) is 0 Å². The van der Waals surface area contributed by atoms with Crippen LogP contribution in [0.1, 0.15) is 36.4 Å². The van der Waals surface area contributed by atoms with Crippen LogP contribution in [0.3, 0.4) is 0 Å². The largest absolute Gasteiger partial charge is 0.308 e. The van der Waals surface area contributed by atoms with Crippen molar-refractivity contribution in [2.45, 2.75) is 25.2 Å². The number of nitrogens with two attached hydrogens (primary N) is 1. The molecule has 1 heterocycles. The fraction of sp³-hybridized carbons (Fsp3) is 0.286. The molecule has 0 atom stereocenters. The molecule has 1 fully saturated rings. The number of nitrogen functional groups attached to an aromatic ring is 1. The molecule has 1 aliphatic carbocycles. The molecule has 2 aromatic rings. The first kappa shape index (κ1) is 12.9. The summed E-state index contributed by atoms with van der Waals surface area (Å²) < 4.78 is 25.5. The molecule has 1 aliphatic rings. The number of hydrogen-bond acceptors (Lipinski definition) is 4. The predicted molar refractivity (Wildman–Crippen MR) is 72.2 cm³/mol. The molecule has 6 heteroatoms. The highest BCUT2D eigenvalue weighted by molar-refractivity contribution is 5.59. The van der Waals surface area contributed by atoms with Crippen LogP contribution in [0.5, 0.6) is 0 Å². The van der Waals surface area contributed by atoms with E-state index in [9.17, 15) is 8.78 Å². The summed E-state index contributed by atoms with van der Waals surface area (Å²) in [5.74, 6) is 6.76. The van der Waals surface area contributed by atoms with Gasteiger partial charge in [-0.15, -0.1) is 0 Å². The van der Waals surface area contributed by atoms with Crippen molar-refractivity contribution in [2.24, 2.45) is 5.84 Å². The lowest BCUT2D eigenvalue weighted by Gasteiger charge is -2.08. The van der Waals surface area contributed by atoms with E-state index < -0.39 is 6.43 Å². The van der Waals surface area contributed by atoms with Crippen molar-refractivity contribution in [3.8, 4) is 11.4 Å². The number of nitrogens with zero attached hydrogens (tertiary/aromatic N) is 2. The van der Waals surface area contributed by atoms with Crippen LogP contribution in [0.2, 0.25) is 0 Å². The average Bonchev–Trinajstić information content (AvgIpc) is 3.31. The molecule has 0 saturated heterocycles. The van der Waals surface area contributed by atoms with Crippen molar-refractivity contribution in [1.29, 1.82) is 0 Å². The quantitative estimate of drug-likeness (QED) is 0.664. The fourth-order valence-corrected chi connectivity index (χ4v) is 2.07.